The first-order valence-corrected chi connectivity index (χ1v) is 8.02. The van der Waals surface area contributed by atoms with Crippen molar-refractivity contribution < 1.29 is 4.74 Å². The van der Waals surface area contributed by atoms with Gasteiger partial charge in [0.15, 0.2) is 0 Å². The minimum atomic E-state index is -1.19. The summed E-state index contributed by atoms with van der Waals surface area (Å²) in [6, 6.07) is 0. The molecule has 0 radical (unpaired) electrons. The fourth-order valence-electron chi connectivity index (χ4n) is 0.814. The van der Waals surface area contributed by atoms with E-state index in [9.17, 15) is 0 Å². The van der Waals surface area contributed by atoms with Gasteiger partial charge in [0.1, 0.15) is 0 Å². The minimum Gasteiger partial charge on any atom is -0.368 e. The van der Waals surface area contributed by atoms with Crippen molar-refractivity contribution in [3.8, 4) is 0 Å². The number of hydrogen-bond donors (Lipinski definition) is 1. The van der Waals surface area contributed by atoms with E-state index in [-0.39, 0.29) is 5.60 Å². The molecule has 0 spiro atoms. The molecule has 1 nitrogen and oxygen atoms in total. The van der Waals surface area contributed by atoms with E-state index < -0.39 is 9.16 Å². The summed E-state index contributed by atoms with van der Waals surface area (Å²) in [4.78, 5) is 0. The van der Waals surface area contributed by atoms with Crippen LogP contribution in [0.4, 0.5) is 0 Å². The maximum Gasteiger partial charge on any atom is 0.0648 e. The van der Waals surface area contributed by atoms with Crippen LogP contribution in [0.15, 0.2) is 0 Å². The van der Waals surface area contributed by atoms with Crippen LogP contribution in [0.25, 0.3) is 0 Å². The molecule has 1 fully saturated rings. The molecule has 1 aliphatic rings. The lowest BCUT2D eigenvalue weighted by Gasteiger charge is -2.37. The lowest BCUT2D eigenvalue weighted by atomic mass is 10.2. The van der Waals surface area contributed by atoms with E-state index in [1.165, 1.54) is 11.5 Å². The molecule has 0 N–H and O–H groups in total. The van der Waals surface area contributed by atoms with E-state index in [0.29, 0.717) is 0 Å². The number of hydrogen-bond acceptors (Lipinski definition) is 1. The van der Waals surface area contributed by atoms with Crippen molar-refractivity contribution in [2.45, 2.75) is 26.4 Å². The lowest BCUT2D eigenvalue weighted by molar-refractivity contribution is 0.0272. The predicted octanol–water partition coefficient (Wildman–Crippen LogP) is 2.10. The molecule has 1 heterocycles. The fraction of sp³-hybridized carbons (Fsp3) is 1.00. The molecule has 0 atom stereocenters. The van der Waals surface area contributed by atoms with Crippen LogP contribution in [0.2, 0.25) is 0 Å². The summed E-state index contributed by atoms with van der Waals surface area (Å²) in [6.45, 7) is 6.40. The molecular formula is C9H22OS. The molecule has 0 aromatic heterocycles. The highest BCUT2D eigenvalue weighted by atomic mass is 32.3. The molecule has 0 aromatic rings. The third-order valence-corrected chi connectivity index (χ3v) is 6.25. The van der Waals surface area contributed by atoms with Gasteiger partial charge in [0.05, 0.1) is 11.5 Å². The first kappa shape index (κ1) is 9.40. The Morgan fingerprint density at radius 2 is 1.64 bits per heavy atom. The summed E-state index contributed by atoms with van der Waals surface area (Å²) >= 11 is 0. The quantitative estimate of drug-likeness (QED) is 0.503. The van der Waals surface area contributed by atoms with Gasteiger partial charge in [-0.1, -0.05) is 0 Å². The molecule has 0 bridgehead atoms. The Morgan fingerprint density at radius 1 is 1.18 bits per heavy atom. The molecule has 0 aromatic carbocycles. The monoisotopic (exact) mass is 178 g/mol. The van der Waals surface area contributed by atoms with Crippen molar-refractivity contribution in [1.29, 1.82) is 0 Å². The minimum absolute atomic E-state index is 0.0551. The molecule has 0 amide bonds. The maximum atomic E-state index is 5.82. The Kier molecular flexibility index (Phi) is 1.85. The van der Waals surface area contributed by atoms with Crippen molar-refractivity contribution in [1.82, 2.24) is 0 Å². The Balaban J connectivity index is 2.34. The van der Waals surface area contributed by atoms with E-state index in [1.54, 1.807) is 0 Å². The van der Waals surface area contributed by atoms with Crippen LogP contribution in [0.5, 0.6) is 0 Å². The SMILES string of the molecule is CC(C)(C)OC[SH]1(C)(C)CC1. The summed E-state index contributed by atoms with van der Waals surface area (Å²) in [5, 5.41) is 0. The van der Waals surface area contributed by atoms with Gasteiger partial charge in [-0.15, -0.1) is 0 Å². The first-order valence-electron chi connectivity index (χ1n) is 4.34. The highest BCUT2D eigenvalue weighted by Crippen LogP contribution is 2.75. The fourth-order valence-corrected chi connectivity index (χ4v) is 4.07. The van der Waals surface area contributed by atoms with Gasteiger partial charge in [0, 0.05) is 0 Å². The van der Waals surface area contributed by atoms with Gasteiger partial charge in [-0.25, -0.2) is 0 Å². The van der Waals surface area contributed by atoms with Crippen LogP contribution in [-0.4, -0.2) is 35.6 Å². The summed E-state index contributed by atoms with van der Waals surface area (Å²) < 4.78 is 5.82. The Hall–Kier alpha value is 0.310. The van der Waals surface area contributed by atoms with Crippen LogP contribution in [0, 0.1) is 0 Å². The Labute approximate surface area is 70.8 Å². The van der Waals surface area contributed by atoms with Gasteiger partial charge in [0.2, 0.25) is 0 Å². The van der Waals surface area contributed by atoms with Crippen LogP contribution >= 0.6 is 9.16 Å². The second-order valence-corrected chi connectivity index (χ2v) is 13.0. The zero-order chi connectivity index (χ0) is 8.78. The number of ether oxygens (including phenoxy) is 1. The maximum absolute atomic E-state index is 5.82. The average molecular weight is 178 g/mol. The van der Waals surface area contributed by atoms with E-state index in [0.717, 1.165) is 5.94 Å². The molecular weight excluding hydrogens is 156 g/mol. The normalized spacial score (nSPS) is 30.5. The van der Waals surface area contributed by atoms with E-state index in [1.807, 2.05) is 0 Å². The van der Waals surface area contributed by atoms with Crippen LogP contribution < -0.4 is 0 Å². The van der Waals surface area contributed by atoms with Gasteiger partial charge >= 0.3 is 0 Å². The van der Waals surface area contributed by atoms with Gasteiger partial charge < -0.3 is 4.74 Å². The van der Waals surface area contributed by atoms with Crippen molar-refractivity contribution in [3.63, 3.8) is 0 Å². The van der Waals surface area contributed by atoms with Crippen LogP contribution in [0.1, 0.15) is 20.8 Å². The summed E-state index contributed by atoms with van der Waals surface area (Å²) in [5.74, 6) is 3.93. The first-order chi connectivity index (χ1) is 4.70. The standard InChI is InChI=1S/C9H22OS/c1-9(2,3)10-8-11(4,5)6-7-11/h11H,6-8H2,1-5H3. The topological polar surface area (TPSA) is 9.23 Å². The highest BCUT2D eigenvalue weighted by Gasteiger charge is 2.44. The third-order valence-electron chi connectivity index (χ3n) is 2.37. The largest absolute Gasteiger partial charge is 0.368 e. The molecule has 1 rings (SSSR count). The predicted molar refractivity (Wildman–Crippen MR) is 56.3 cm³/mol. The van der Waals surface area contributed by atoms with Crippen LogP contribution in [-0.2, 0) is 4.74 Å². The van der Waals surface area contributed by atoms with Gasteiger partial charge in [-0.2, -0.15) is 0 Å². The Morgan fingerprint density at radius 3 is 1.91 bits per heavy atom. The number of thiol groups is 1. The van der Waals surface area contributed by atoms with Crippen molar-refractivity contribution in [2.75, 3.05) is 30.0 Å². The lowest BCUT2D eigenvalue weighted by Crippen LogP contribution is -2.22. The molecule has 2 heteroatoms. The molecule has 70 valence electrons. The van der Waals surface area contributed by atoms with Gasteiger partial charge in [-0.3, -0.25) is 9.16 Å². The van der Waals surface area contributed by atoms with Crippen molar-refractivity contribution in [2.24, 2.45) is 0 Å². The second kappa shape index (κ2) is 2.17. The van der Waals surface area contributed by atoms with E-state index >= 15 is 0 Å². The average Bonchev–Trinajstić information content (AvgIpc) is 2.40. The van der Waals surface area contributed by atoms with Gasteiger partial charge in [0.25, 0.3) is 0 Å². The Bertz CT molecular complexity index is 159. The zero-order valence-electron chi connectivity index (χ0n) is 8.48. The highest BCUT2D eigenvalue weighted by molar-refractivity contribution is 8.53. The summed E-state index contributed by atoms with van der Waals surface area (Å²) in [7, 11) is -1.19. The molecule has 1 aliphatic heterocycles. The zero-order valence-corrected chi connectivity index (χ0v) is 9.37. The number of rotatable bonds is 2. The van der Waals surface area contributed by atoms with Gasteiger partial charge in [-0.05, 0) is 44.8 Å². The van der Waals surface area contributed by atoms with Crippen molar-refractivity contribution in [3.05, 3.63) is 0 Å². The third kappa shape index (κ3) is 3.04. The molecule has 0 saturated carbocycles. The van der Waals surface area contributed by atoms with E-state index in [2.05, 4.69) is 33.3 Å². The molecule has 1 saturated heterocycles. The van der Waals surface area contributed by atoms with E-state index in [4.69, 9.17) is 4.74 Å². The molecule has 11 heavy (non-hydrogen) atoms. The second-order valence-electron chi connectivity index (χ2n) is 5.85. The summed E-state index contributed by atoms with van der Waals surface area (Å²) in [6.07, 6.45) is 4.88. The molecule has 0 aliphatic carbocycles. The van der Waals surface area contributed by atoms with Crippen molar-refractivity contribution >= 4 is 9.16 Å². The van der Waals surface area contributed by atoms with Crippen LogP contribution in [0.3, 0.4) is 0 Å². The molecule has 0 unspecified atom stereocenters. The smallest absolute Gasteiger partial charge is 0.0648 e. The summed E-state index contributed by atoms with van der Waals surface area (Å²) in [5.41, 5.74) is 0.0551.